The van der Waals surface area contributed by atoms with Crippen molar-refractivity contribution in [3.05, 3.63) is 50.6 Å². The zero-order chi connectivity index (χ0) is 14.0. The van der Waals surface area contributed by atoms with Crippen LogP contribution in [-0.4, -0.2) is 6.36 Å². The molecule has 0 fully saturated rings. The molecule has 1 aromatic heterocycles. The van der Waals surface area contributed by atoms with Crippen molar-refractivity contribution in [3.63, 3.8) is 0 Å². The first-order chi connectivity index (χ1) is 8.87. The molecular formula is C12H7Br2F3OS. The van der Waals surface area contributed by atoms with Crippen LogP contribution in [0.5, 0.6) is 5.75 Å². The molecule has 0 amide bonds. The van der Waals surface area contributed by atoms with Crippen molar-refractivity contribution in [2.45, 2.75) is 11.2 Å². The van der Waals surface area contributed by atoms with E-state index in [9.17, 15) is 13.2 Å². The van der Waals surface area contributed by atoms with Gasteiger partial charge >= 0.3 is 6.36 Å². The summed E-state index contributed by atoms with van der Waals surface area (Å²) in [5.41, 5.74) is 0.699. The van der Waals surface area contributed by atoms with E-state index >= 15 is 0 Å². The second-order valence-electron chi connectivity index (χ2n) is 3.62. The molecular weight excluding hydrogens is 409 g/mol. The number of rotatable bonds is 3. The van der Waals surface area contributed by atoms with Crippen LogP contribution in [0.3, 0.4) is 0 Å². The second-order valence-corrected chi connectivity index (χ2v) is 6.33. The standard InChI is InChI=1S/C12H7Br2F3OS/c13-9-4-5-19-11(9)10(14)7-2-1-3-8(6-7)18-12(15,16)17/h1-6,10H. The molecule has 2 aromatic rings. The molecule has 0 aliphatic carbocycles. The summed E-state index contributed by atoms with van der Waals surface area (Å²) in [4.78, 5) is 0.808. The first-order valence-electron chi connectivity index (χ1n) is 5.09. The molecule has 1 aromatic carbocycles. The van der Waals surface area contributed by atoms with E-state index in [1.807, 2.05) is 11.4 Å². The molecule has 1 unspecified atom stereocenters. The van der Waals surface area contributed by atoms with Crippen molar-refractivity contribution < 1.29 is 17.9 Å². The summed E-state index contributed by atoms with van der Waals surface area (Å²) >= 11 is 8.40. The van der Waals surface area contributed by atoms with E-state index in [1.54, 1.807) is 6.07 Å². The molecule has 0 spiro atoms. The maximum absolute atomic E-state index is 12.2. The largest absolute Gasteiger partial charge is 0.573 e. The Morgan fingerprint density at radius 3 is 2.53 bits per heavy atom. The lowest BCUT2D eigenvalue weighted by molar-refractivity contribution is -0.274. The van der Waals surface area contributed by atoms with E-state index in [1.165, 1.54) is 29.5 Å². The highest BCUT2D eigenvalue weighted by Gasteiger charge is 2.31. The van der Waals surface area contributed by atoms with Gasteiger partial charge in [-0.2, -0.15) is 0 Å². The zero-order valence-corrected chi connectivity index (χ0v) is 13.2. The molecule has 0 aliphatic rings. The fourth-order valence-corrected chi connectivity index (χ4v) is 4.27. The molecule has 0 saturated carbocycles. The maximum atomic E-state index is 12.2. The normalized spacial score (nSPS) is 13.3. The second kappa shape index (κ2) is 5.85. The molecule has 1 heterocycles. The summed E-state index contributed by atoms with van der Waals surface area (Å²) in [5, 5.41) is 1.91. The smallest absolute Gasteiger partial charge is 0.406 e. The minimum atomic E-state index is -4.68. The summed E-state index contributed by atoms with van der Waals surface area (Å²) in [6.07, 6.45) is -4.68. The van der Waals surface area contributed by atoms with Gasteiger partial charge in [-0.15, -0.1) is 24.5 Å². The van der Waals surface area contributed by atoms with Crippen LogP contribution < -0.4 is 4.74 Å². The average Bonchev–Trinajstić information content (AvgIpc) is 2.72. The fraction of sp³-hybridized carbons (Fsp3) is 0.167. The minimum Gasteiger partial charge on any atom is -0.406 e. The maximum Gasteiger partial charge on any atom is 0.573 e. The van der Waals surface area contributed by atoms with Crippen LogP contribution in [0.15, 0.2) is 40.2 Å². The predicted octanol–water partition coefficient (Wildman–Crippen LogP) is 5.89. The van der Waals surface area contributed by atoms with Gasteiger partial charge in [-0.25, -0.2) is 0 Å². The minimum absolute atomic E-state index is 0.182. The summed E-state index contributed by atoms with van der Waals surface area (Å²) in [5.74, 6) is -0.220. The third kappa shape index (κ3) is 3.97. The van der Waals surface area contributed by atoms with Gasteiger partial charge < -0.3 is 4.74 Å². The molecule has 0 aliphatic heterocycles. The Hall–Kier alpha value is -0.530. The quantitative estimate of drug-likeness (QED) is 0.567. The lowest BCUT2D eigenvalue weighted by atomic mass is 10.1. The SMILES string of the molecule is FC(F)(F)Oc1cccc(C(Br)c2sccc2Br)c1. The van der Waals surface area contributed by atoms with Crippen molar-refractivity contribution >= 4 is 43.2 Å². The van der Waals surface area contributed by atoms with Crippen molar-refractivity contribution in [2.75, 3.05) is 0 Å². The van der Waals surface area contributed by atoms with Gasteiger partial charge in [-0.3, -0.25) is 0 Å². The predicted molar refractivity (Wildman–Crippen MR) is 75.9 cm³/mol. The Kier molecular flexibility index (Phi) is 4.58. The van der Waals surface area contributed by atoms with Crippen LogP contribution in [0.25, 0.3) is 0 Å². The van der Waals surface area contributed by atoms with Crippen molar-refractivity contribution in [1.82, 2.24) is 0 Å². The monoisotopic (exact) mass is 414 g/mol. The first-order valence-corrected chi connectivity index (χ1v) is 7.68. The Bertz CT molecular complexity index is 568. The van der Waals surface area contributed by atoms with Gasteiger partial charge in [0.1, 0.15) is 5.75 Å². The number of hydrogen-bond acceptors (Lipinski definition) is 2. The number of hydrogen-bond donors (Lipinski definition) is 0. The summed E-state index contributed by atoms with van der Waals surface area (Å²) in [6, 6.07) is 7.82. The number of alkyl halides is 4. The zero-order valence-electron chi connectivity index (χ0n) is 9.25. The Morgan fingerprint density at radius 2 is 1.95 bits per heavy atom. The molecule has 0 bridgehead atoms. The molecule has 0 saturated heterocycles. The molecule has 0 N–H and O–H groups in total. The molecule has 1 atom stereocenters. The third-order valence-corrected chi connectivity index (χ3v) is 5.48. The number of ether oxygens (including phenoxy) is 1. The first kappa shape index (κ1) is 14.9. The summed E-state index contributed by atoms with van der Waals surface area (Å²) in [6.45, 7) is 0. The van der Waals surface area contributed by atoms with Crippen LogP contribution in [0.1, 0.15) is 15.3 Å². The summed E-state index contributed by atoms with van der Waals surface area (Å²) < 4.78 is 41.3. The molecule has 2 rings (SSSR count). The number of halogens is 5. The van der Waals surface area contributed by atoms with Crippen molar-refractivity contribution in [1.29, 1.82) is 0 Å². The Balaban J connectivity index is 2.26. The topological polar surface area (TPSA) is 9.23 Å². The van der Waals surface area contributed by atoms with Crippen LogP contribution in [0, 0.1) is 0 Å². The van der Waals surface area contributed by atoms with Gasteiger partial charge in [-0.1, -0.05) is 28.1 Å². The van der Waals surface area contributed by atoms with Crippen LogP contribution in [0.4, 0.5) is 13.2 Å². The molecule has 7 heteroatoms. The average molecular weight is 416 g/mol. The lowest BCUT2D eigenvalue weighted by Crippen LogP contribution is -2.17. The number of benzene rings is 1. The van der Waals surface area contributed by atoms with Gasteiger partial charge in [0.15, 0.2) is 0 Å². The molecule has 102 valence electrons. The van der Waals surface area contributed by atoms with Crippen LogP contribution in [0.2, 0.25) is 0 Å². The highest BCUT2D eigenvalue weighted by atomic mass is 79.9. The van der Waals surface area contributed by atoms with Gasteiger partial charge in [0.05, 0.1) is 4.83 Å². The van der Waals surface area contributed by atoms with E-state index in [0.717, 1.165) is 9.35 Å². The van der Waals surface area contributed by atoms with E-state index < -0.39 is 6.36 Å². The van der Waals surface area contributed by atoms with Crippen LogP contribution >= 0.6 is 43.2 Å². The van der Waals surface area contributed by atoms with Gasteiger partial charge in [0.2, 0.25) is 0 Å². The van der Waals surface area contributed by atoms with Crippen LogP contribution in [-0.2, 0) is 0 Å². The number of thiophene rings is 1. The van der Waals surface area contributed by atoms with Gasteiger partial charge in [0.25, 0.3) is 0 Å². The highest BCUT2D eigenvalue weighted by Crippen LogP contribution is 2.40. The Labute approximate surface area is 128 Å². The molecule has 1 nitrogen and oxygen atoms in total. The summed E-state index contributed by atoms with van der Waals surface area (Å²) in [7, 11) is 0. The lowest BCUT2D eigenvalue weighted by Gasteiger charge is -2.13. The Morgan fingerprint density at radius 1 is 1.21 bits per heavy atom. The highest BCUT2D eigenvalue weighted by molar-refractivity contribution is 9.11. The van der Waals surface area contributed by atoms with Gasteiger partial charge in [0, 0.05) is 9.35 Å². The fourth-order valence-electron chi connectivity index (χ4n) is 1.51. The van der Waals surface area contributed by atoms with Crippen molar-refractivity contribution in [3.8, 4) is 5.75 Å². The van der Waals surface area contributed by atoms with Crippen molar-refractivity contribution in [2.24, 2.45) is 0 Å². The van der Waals surface area contributed by atoms with E-state index in [-0.39, 0.29) is 10.6 Å². The van der Waals surface area contributed by atoms with Gasteiger partial charge in [-0.05, 0) is 45.1 Å². The molecule has 19 heavy (non-hydrogen) atoms. The van der Waals surface area contributed by atoms with E-state index in [0.29, 0.717) is 5.56 Å². The third-order valence-electron chi connectivity index (χ3n) is 2.26. The molecule has 0 radical (unpaired) electrons. The van der Waals surface area contributed by atoms with E-state index in [2.05, 4.69) is 36.6 Å². The van der Waals surface area contributed by atoms with E-state index in [4.69, 9.17) is 0 Å².